The number of nitrogens with one attached hydrogen (secondary N) is 2. The van der Waals surface area contributed by atoms with Crippen LogP contribution in [0.2, 0.25) is 5.02 Å². The fourth-order valence-electron chi connectivity index (χ4n) is 5.04. The standard InChI is InChI=1S/C31H40ClFN8O/c1-3-6-26(37-13-5-14-38-30(35)36)21-9-11-23(12-10-21)41-18-22-17-27(39-29(22)40-31(41)42)24-15-20(8-4-7-19(2)34)16-25(32)28(24)33/h9-12,15-19,26,37H,3-8,13-14,34H2,1-2H3,(H4,35,36,38)(H,39,40,42). The molecule has 0 aliphatic rings. The molecule has 224 valence electrons. The quantitative estimate of drug-likeness (QED) is 0.0792. The third-order valence-electron chi connectivity index (χ3n) is 7.18. The van der Waals surface area contributed by atoms with Crippen molar-refractivity contribution < 1.29 is 4.39 Å². The van der Waals surface area contributed by atoms with E-state index in [0.29, 0.717) is 34.5 Å². The topological polar surface area (TPSA) is 153 Å². The number of benzene rings is 2. The average molecular weight is 595 g/mol. The van der Waals surface area contributed by atoms with Gasteiger partial charge in [0.25, 0.3) is 0 Å². The van der Waals surface area contributed by atoms with E-state index in [1.807, 2.05) is 31.2 Å². The van der Waals surface area contributed by atoms with Crippen LogP contribution >= 0.6 is 11.6 Å². The Morgan fingerprint density at radius 3 is 2.62 bits per heavy atom. The van der Waals surface area contributed by atoms with Crippen LogP contribution in [0.25, 0.3) is 28.0 Å². The maximum Gasteiger partial charge on any atom is 0.354 e. The molecule has 2 aromatic heterocycles. The maximum atomic E-state index is 15.1. The van der Waals surface area contributed by atoms with Crippen molar-refractivity contribution in [3.63, 3.8) is 0 Å². The van der Waals surface area contributed by atoms with Gasteiger partial charge in [0.1, 0.15) is 5.65 Å². The first-order valence-electron chi connectivity index (χ1n) is 14.4. The monoisotopic (exact) mass is 594 g/mol. The molecule has 0 saturated heterocycles. The van der Waals surface area contributed by atoms with Crippen LogP contribution in [0.15, 0.2) is 58.4 Å². The number of nitrogens with zero attached hydrogens (tertiary/aromatic N) is 3. The number of guanidine groups is 1. The summed E-state index contributed by atoms with van der Waals surface area (Å²) in [4.78, 5) is 24.4. The number of rotatable bonds is 14. The minimum atomic E-state index is -0.517. The minimum absolute atomic E-state index is 0.0548. The molecule has 0 spiro atoms. The van der Waals surface area contributed by atoms with Crippen molar-refractivity contribution in [1.82, 2.24) is 19.9 Å². The Kier molecular flexibility index (Phi) is 10.7. The first-order valence-corrected chi connectivity index (χ1v) is 14.8. The van der Waals surface area contributed by atoms with Gasteiger partial charge < -0.3 is 27.5 Å². The summed E-state index contributed by atoms with van der Waals surface area (Å²) in [5.41, 5.74) is 20.2. The molecule has 2 atom stereocenters. The number of nitrogens with two attached hydrogens (primary N) is 3. The lowest BCUT2D eigenvalue weighted by molar-refractivity contribution is 0.490. The van der Waals surface area contributed by atoms with Crippen molar-refractivity contribution in [3.8, 4) is 16.9 Å². The van der Waals surface area contributed by atoms with Gasteiger partial charge in [-0.2, -0.15) is 4.98 Å². The Morgan fingerprint density at radius 1 is 1.17 bits per heavy atom. The van der Waals surface area contributed by atoms with Gasteiger partial charge in [0.2, 0.25) is 0 Å². The van der Waals surface area contributed by atoms with Crippen LogP contribution in [0.4, 0.5) is 4.39 Å². The Bertz CT molecular complexity index is 1570. The van der Waals surface area contributed by atoms with Crippen LogP contribution in [0.5, 0.6) is 0 Å². The Balaban J connectivity index is 1.56. The molecule has 11 heteroatoms. The zero-order valence-electron chi connectivity index (χ0n) is 24.2. The highest BCUT2D eigenvalue weighted by atomic mass is 35.5. The smallest absolute Gasteiger partial charge is 0.354 e. The van der Waals surface area contributed by atoms with Gasteiger partial charge in [-0.15, -0.1) is 0 Å². The van der Waals surface area contributed by atoms with E-state index >= 15 is 4.39 Å². The third-order valence-corrected chi connectivity index (χ3v) is 7.46. The minimum Gasteiger partial charge on any atom is -0.370 e. The summed E-state index contributed by atoms with van der Waals surface area (Å²) in [7, 11) is 0. The van der Waals surface area contributed by atoms with Crippen LogP contribution in [0.1, 0.15) is 63.1 Å². The highest BCUT2D eigenvalue weighted by molar-refractivity contribution is 6.31. The molecule has 2 unspecified atom stereocenters. The molecular weight excluding hydrogens is 555 g/mol. The van der Waals surface area contributed by atoms with Crippen LogP contribution in [-0.2, 0) is 6.42 Å². The van der Waals surface area contributed by atoms with Gasteiger partial charge in [0.05, 0.1) is 16.4 Å². The number of aromatic nitrogens is 3. The molecule has 4 rings (SSSR count). The number of hydrogen-bond donors (Lipinski definition) is 5. The lowest BCUT2D eigenvalue weighted by Gasteiger charge is -2.19. The van der Waals surface area contributed by atoms with Crippen molar-refractivity contribution in [2.24, 2.45) is 22.2 Å². The predicted octanol–water partition coefficient (Wildman–Crippen LogP) is 4.94. The van der Waals surface area contributed by atoms with Crippen LogP contribution in [-0.4, -0.2) is 39.6 Å². The van der Waals surface area contributed by atoms with Gasteiger partial charge in [-0.05, 0) is 87.0 Å². The van der Waals surface area contributed by atoms with Crippen molar-refractivity contribution in [3.05, 3.63) is 81.1 Å². The fraction of sp³-hybridized carbons (Fsp3) is 0.387. The van der Waals surface area contributed by atoms with Gasteiger partial charge in [-0.25, -0.2) is 9.18 Å². The second kappa shape index (κ2) is 14.4. The van der Waals surface area contributed by atoms with Crippen molar-refractivity contribution in [1.29, 1.82) is 0 Å². The Hall–Kier alpha value is -3.73. The highest BCUT2D eigenvalue weighted by Gasteiger charge is 2.16. The maximum absolute atomic E-state index is 15.1. The molecule has 2 aromatic carbocycles. The van der Waals surface area contributed by atoms with Crippen LogP contribution < -0.4 is 28.2 Å². The van der Waals surface area contributed by atoms with Gasteiger partial charge >= 0.3 is 5.69 Å². The largest absolute Gasteiger partial charge is 0.370 e. The molecule has 8 N–H and O–H groups in total. The van der Waals surface area contributed by atoms with E-state index in [0.717, 1.165) is 56.2 Å². The summed E-state index contributed by atoms with van der Waals surface area (Å²) < 4.78 is 16.6. The molecule has 0 saturated carbocycles. The number of hydrogen-bond acceptors (Lipinski definition) is 5. The van der Waals surface area contributed by atoms with Gasteiger partial charge in [-0.1, -0.05) is 37.1 Å². The van der Waals surface area contributed by atoms with Crippen LogP contribution in [0.3, 0.4) is 0 Å². The number of H-pyrrole nitrogens is 1. The van der Waals surface area contributed by atoms with Crippen LogP contribution in [0, 0.1) is 5.82 Å². The molecular formula is C31H40ClFN8O. The second-order valence-electron chi connectivity index (χ2n) is 10.7. The van der Waals surface area contributed by atoms with E-state index in [9.17, 15) is 4.79 Å². The molecule has 0 aliphatic heterocycles. The van der Waals surface area contributed by atoms with Gasteiger partial charge in [0, 0.05) is 35.8 Å². The zero-order valence-corrected chi connectivity index (χ0v) is 24.9. The summed E-state index contributed by atoms with van der Waals surface area (Å²) in [6.45, 7) is 5.46. The summed E-state index contributed by atoms with van der Waals surface area (Å²) in [5.74, 6) is -0.416. The van der Waals surface area contributed by atoms with E-state index in [1.54, 1.807) is 24.4 Å². The normalized spacial score (nSPS) is 12.9. The number of aliphatic imine (C=N–C) groups is 1. The Morgan fingerprint density at radius 2 is 1.93 bits per heavy atom. The van der Waals surface area contributed by atoms with Crippen molar-refractivity contribution in [2.45, 2.75) is 64.5 Å². The summed E-state index contributed by atoms with van der Waals surface area (Å²) in [6.07, 6.45) is 7.01. The highest BCUT2D eigenvalue weighted by Crippen LogP contribution is 2.31. The molecule has 9 nitrogen and oxygen atoms in total. The molecule has 0 bridgehead atoms. The van der Waals surface area contributed by atoms with E-state index < -0.39 is 11.5 Å². The lowest BCUT2D eigenvalue weighted by atomic mass is 10.0. The molecule has 4 aromatic rings. The van der Waals surface area contributed by atoms with Gasteiger partial charge in [-0.3, -0.25) is 9.56 Å². The van der Waals surface area contributed by atoms with E-state index in [-0.39, 0.29) is 23.1 Å². The predicted molar refractivity (Wildman–Crippen MR) is 170 cm³/mol. The van der Waals surface area contributed by atoms with Gasteiger partial charge in [0.15, 0.2) is 11.8 Å². The summed E-state index contributed by atoms with van der Waals surface area (Å²) in [6, 6.07) is 13.4. The van der Waals surface area contributed by atoms with Crippen molar-refractivity contribution in [2.75, 3.05) is 13.1 Å². The Labute approximate surface area is 250 Å². The summed E-state index contributed by atoms with van der Waals surface area (Å²) in [5, 5.41) is 4.30. The molecule has 0 fully saturated rings. The first kappa shape index (κ1) is 31.2. The SMILES string of the molecule is CCCC(NCCCN=C(N)N)c1ccc(-n2cc3cc(-c4cc(CCCC(C)N)cc(Cl)c4F)[nH]c3nc2=O)cc1. The number of fused-ring (bicyclic) bond motifs is 1. The number of halogens is 2. The van der Waals surface area contributed by atoms with Crippen molar-refractivity contribution >= 4 is 28.6 Å². The molecule has 42 heavy (non-hydrogen) atoms. The number of aryl methyl sites for hydroxylation is 1. The van der Waals surface area contributed by atoms with E-state index in [2.05, 4.69) is 27.2 Å². The third kappa shape index (κ3) is 7.96. The average Bonchev–Trinajstić information content (AvgIpc) is 3.36. The number of aromatic amines is 1. The first-order chi connectivity index (χ1) is 20.2. The molecule has 0 aliphatic carbocycles. The summed E-state index contributed by atoms with van der Waals surface area (Å²) >= 11 is 6.25. The zero-order chi connectivity index (χ0) is 30.2. The molecule has 0 amide bonds. The lowest BCUT2D eigenvalue weighted by Crippen LogP contribution is -2.25. The van der Waals surface area contributed by atoms with E-state index in [4.69, 9.17) is 28.8 Å². The second-order valence-corrected chi connectivity index (χ2v) is 11.1. The van der Waals surface area contributed by atoms with E-state index in [1.165, 1.54) is 4.57 Å². The fourth-order valence-corrected chi connectivity index (χ4v) is 5.29. The molecule has 0 radical (unpaired) electrons. The molecule has 2 heterocycles.